The van der Waals surface area contributed by atoms with E-state index in [1.807, 2.05) is 0 Å². The van der Waals surface area contributed by atoms with E-state index < -0.39 is 46.5 Å². The van der Waals surface area contributed by atoms with Crippen LogP contribution < -0.4 is 0 Å². The summed E-state index contributed by atoms with van der Waals surface area (Å²) in [5.74, 6) is -1.02. The molecule has 9 nitrogen and oxygen atoms in total. The second kappa shape index (κ2) is 5.69. The Balaban J connectivity index is 4.05. The zero-order chi connectivity index (χ0) is 12.1. The monoisotopic (exact) mass is 266 g/mol. The summed E-state index contributed by atoms with van der Waals surface area (Å²) in [5.41, 5.74) is 0. The van der Waals surface area contributed by atoms with Crippen LogP contribution in [0.3, 0.4) is 0 Å². The van der Waals surface area contributed by atoms with Crippen LogP contribution in [0.4, 0.5) is 0 Å². The molecule has 15 heavy (non-hydrogen) atoms. The summed E-state index contributed by atoms with van der Waals surface area (Å²) < 4.78 is 64.4. The third-order valence-electron chi connectivity index (χ3n) is 1.16. The van der Waals surface area contributed by atoms with E-state index in [0.29, 0.717) is 0 Å². The summed E-state index contributed by atoms with van der Waals surface area (Å²) in [6, 6.07) is 0. The molecule has 0 fully saturated rings. The molecule has 0 aromatic rings. The molecule has 0 spiro atoms. The van der Waals surface area contributed by atoms with Gasteiger partial charge in [0.1, 0.15) is 0 Å². The molecule has 0 atom stereocenters. The van der Waals surface area contributed by atoms with Gasteiger partial charge in [0.2, 0.25) is 0 Å². The van der Waals surface area contributed by atoms with Gasteiger partial charge in [0.25, 0.3) is 0 Å². The van der Waals surface area contributed by atoms with E-state index >= 15 is 0 Å². The lowest BCUT2D eigenvalue weighted by atomic mass is 10.2. The zero-order valence-electron chi connectivity index (χ0n) is 7.31. The highest BCUT2D eigenvalue weighted by Crippen LogP contribution is 2.02. The molecule has 0 amide bonds. The van der Waals surface area contributed by atoms with Gasteiger partial charge in [0, 0.05) is 5.92 Å². The van der Waals surface area contributed by atoms with Crippen LogP contribution in [0.5, 0.6) is 0 Å². The van der Waals surface area contributed by atoms with Crippen molar-refractivity contribution in [3.05, 3.63) is 0 Å². The first-order valence-electron chi connectivity index (χ1n) is 3.48. The average molecular weight is 266 g/mol. The van der Waals surface area contributed by atoms with Gasteiger partial charge in [-0.3, -0.25) is 9.11 Å². The topological polar surface area (TPSA) is 147 Å². The first-order chi connectivity index (χ1) is 6.64. The lowest BCUT2D eigenvalue weighted by Gasteiger charge is -2.11. The van der Waals surface area contributed by atoms with Crippen molar-refractivity contribution in [3.63, 3.8) is 0 Å². The molecule has 3 N–H and O–H groups in total. The number of hydrogen-bond donors (Lipinski definition) is 3. The minimum atomic E-state index is -4.66. The van der Waals surface area contributed by atoms with Crippen molar-refractivity contribution in [1.82, 2.24) is 0 Å². The predicted molar refractivity (Wildman–Crippen MR) is 45.6 cm³/mol. The van der Waals surface area contributed by atoms with E-state index in [9.17, 15) is 16.8 Å². The minimum Gasteiger partial charge on any atom is -0.396 e. The number of hydrogen-bond acceptors (Lipinski definition) is 7. The van der Waals surface area contributed by atoms with Crippen LogP contribution in [0.1, 0.15) is 0 Å². The molecular weight excluding hydrogens is 256 g/mol. The summed E-state index contributed by atoms with van der Waals surface area (Å²) >= 11 is 0. The molecule has 0 aliphatic rings. The van der Waals surface area contributed by atoms with Crippen molar-refractivity contribution < 1.29 is 39.4 Å². The summed E-state index contributed by atoms with van der Waals surface area (Å²) in [7, 11) is -9.32. The lowest BCUT2D eigenvalue weighted by Crippen LogP contribution is -2.23. The Bertz CT molecular complexity index is 331. The molecule has 92 valence electrons. The van der Waals surface area contributed by atoms with E-state index in [1.165, 1.54) is 0 Å². The third-order valence-corrected chi connectivity index (χ3v) is 2.03. The van der Waals surface area contributed by atoms with E-state index in [4.69, 9.17) is 14.2 Å². The van der Waals surface area contributed by atoms with Gasteiger partial charge < -0.3 is 5.11 Å². The first kappa shape index (κ1) is 14.7. The Kier molecular flexibility index (Phi) is 5.58. The molecule has 0 bridgehead atoms. The highest BCUT2D eigenvalue weighted by Gasteiger charge is 2.16. The summed E-state index contributed by atoms with van der Waals surface area (Å²) in [6.45, 7) is -2.00. The van der Waals surface area contributed by atoms with Gasteiger partial charge in [-0.05, 0) is 0 Å². The summed E-state index contributed by atoms with van der Waals surface area (Å²) in [6.07, 6.45) is 0. The van der Waals surface area contributed by atoms with E-state index in [1.54, 1.807) is 0 Å². The minimum absolute atomic E-state index is 0.648. The molecule has 0 rings (SSSR count). The van der Waals surface area contributed by atoms with Gasteiger partial charge in [-0.1, -0.05) is 0 Å². The predicted octanol–water partition coefficient (Wildman–Crippen LogP) is -1.77. The Labute approximate surface area is 86.5 Å². The highest BCUT2D eigenvalue weighted by atomic mass is 32.3. The summed E-state index contributed by atoms with van der Waals surface area (Å²) in [5, 5.41) is 8.61. The standard InChI is InChI=1S/C4H10O9S2/c5-1-4(2-12-14(6,7)8)3-13-15(9,10)11/h4-5H,1-3H2,(H,6,7,8)(H,9,10,11). The molecule has 0 aliphatic heterocycles. The molecule has 0 aromatic carbocycles. The van der Waals surface area contributed by atoms with Crippen molar-refractivity contribution in [2.75, 3.05) is 19.8 Å². The largest absolute Gasteiger partial charge is 0.397 e. The van der Waals surface area contributed by atoms with Crippen LogP contribution in [0.2, 0.25) is 0 Å². The second-order valence-corrected chi connectivity index (χ2v) is 4.66. The van der Waals surface area contributed by atoms with E-state index in [-0.39, 0.29) is 0 Å². The lowest BCUT2D eigenvalue weighted by molar-refractivity contribution is 0.109. The van der Waals surface area contributed by atoms with Crippen molar-refractivity contribution in [2.24, 2.45) is 5.92 Å². The Morgan fingerprint density at radius 1 is 0.933 bits per heavy atom. The normalized spacial score (nSPS) is 13.3. The smallest absolute Gasteiger partial charge is 0.396 e. The van der Waals surface area contributed by atoms with Crippen LogP contribution >= 0.6 is 0 Å². The summed E-state index contributed by atoms with van der Waals surface area (Å²) in [4.78, 5) is 0. The molecule has 11 heteroatoms. The SMILES string of the molecule is O=S(=O)(O)OCC(CO)COS(=O)(=O)O. The molecule has 0 heterocycles. The average Bonchev–Trinajstić information content (AvgIpc) is 2.00. The Hall–Kier alpha value is -0.300. The van der Waals surface area contributed by atoms with Gasteiger partial charge in [-0.15, -0.1) is 0 Å². The molecule has 0 aromatic heterocycles. The fourth-order valence-corrected chi connectivity index (χ4v) is 1.25. The number of aliphatic hydroxyl groups is 1. The number of aliphatic hydroxyl groups excluding tert-OH is 1. The van der Waals surface area contributed by atoms with Crippen molar-refractivity contribution in [1.29, 1.82) is 0 Å². The third kappa shape index (κ3) is 9.99. The van der Waals surface area contributed by atoms with Gasteiger partial charge in [0.05, 0.1) is 19.8 Å². The van der Waals surface area contributed by atoms with Crippen molar-refractivity contribution >= 4 is 20.8 Å². The van der Waals surface area contributed by atoms with Crippen molar-refractivity contribution in [2.45, 2.75) is 0 Å². The van der Waals surface area contributed by atoms with Crippen LogP contribution in [-0.2, 0) is 29.2 Å². The fourth-order valence-electron chi connectivity index (χ4n) is 0.518. The molecule has 0 aliphatic carbocycles. The van der Waals surface area contributed by atoms with Gasteiger partial charge in [-0.25, -0.2) is 8.37 Å². The van der Waals surface area contributed by atoms with Crippen LogP contribution in [0, 0.1) is 5.92 Å². The van der Waals surface area contributed by atoms with Crippen LogP contribution in [0.15, 0.2) is 0 Å². The first-order valence-corrected chi connectivity index (χ1v) is 6.21. The van der Waals surface area contributed by atoms with Crippen LogP contribution in [0.25, 0.3) is 0 Å². The Morgan fingerprint density at radius 2 is 1.27 bits per heavy atom. The quantitative estimate of drug-likeness (QED) is 0.455. The van der Waals surface area contributed by atoms with Crippen LogP contribution in [-0.4, -0.2) is 50.9 Å². The molecular formula is C4H10O9S2. The highest BCUT2D eigenvalue weighted by molar-refractivity contribution is 7.81. The molecule has 0 unspecified atom stereocenters. The number of rotatable bonds is 7. The maximum atomic E-state index is 10.1. The van der Waals surface area contributed by atoms with E-state index in [2.05, 4.69) is 8.37 Å². The van der Waals surface area contributed by atoms with Crippen molar-refractivity contribution in [3.8, 4) is 0 Å². The van der Waals surface area contributed by atoms with E-state index in [0.717, 1.165) is 0 Å². The molecule has 0 radical (unpaired) electrons. The fraction of sp³-hybridized carbons (Fsp3) is 1.00. The zero-order valence-corrected chi connectivity index (χ0v) is 8.94. The molecule has 0 saturated carbocycles. The Morgan fingerprint density at radius 3 is 1.47 bits per heavy atom. The second-order valence-electron chi connectivity index (χ2n) is 2.47. The van der Waals surface area contributed by atoms with Gasteiger partial charge in [-0.2, -0.15) is 16.8 Å². The van der Waals surface area contributed by atoms with Gasteiger partial charge in [0.15, 0.2) is 0 Å². The maximum absolute atomic E-state index is 10.1. The van der Waals surface area contributed by atoms with Gasteiger partial charge >= 0.3 is 20.8 Å². The maximum Gasteiger partial charge on any atom is 0.397 e. The molecule has 0 saturated heterocycles.